The molecule has 2 fully saturated rings. The summed E-state index contributed by atoms with van der Waals surface area (Å²) in [6.45, 7) is 1.23. The maximum Gasteiger partial charge on any atom is 0.164 e. The molecule has 1 aliphatic carbocycles. The van der Waals surface area contributed by atoms with E-state index in [0.717, 1.165) is 18.5 Å². The average molecular weight is 565 g/mol. The van der Waals surface area contributed by atoms with Crippen molar-refractivity contribution in [3.63, 3.8) is 0 Å². The molecule has 194 valence electrons. The summed E-state index contributed by atoms with van der Waals surface area (Å²) < 4.78 is 8.92. The van der Waals surface area contributed by atoms with Gasteiger partial charge in [0.1, 0.15) is 52.1 Å². The molecule has 0 radical (unpaired) electrons. The van der Waals surface area contributed by atoms with Crippen LogP contribution in [0.5, 0.6) is 0 Å². The fourth-order valence-corrected chi connectivity index (χ4v) is 5.64. The summed E-state index contributed by atoms with van der Waals surface area (Å²) in [4.78, 5) is 13.3. The lowest BCUT2D eigenvalue weighted by Gasteiger charge is -2.41. The fraction of sp³-hybridized carbons (Fsp3) is 0.455. The van der Waals surface area contributed by atoms with E-state index in [1.54, 1.807) is 35.4 Å². The van der Waals surface area contributed by atoms with Gasteiger partial charge in [-0.15, -0.1) is 16.4 Å². The molecule has 0 amide bonds. The number of rotatable bonds is 6. The molecule has 1 saturated carbocycles. The number of aromatic nitrogens is 8. The van der Waals surface area contributed by atoms with Crippen LogP contribution in [0, 0.1) is 6.92 Å². The Morgan fingerprint density at radius 3 is 2.70 bits per heavy atom. The molecule has 12 nitrogen and oxygen atoms in total. The van der Waals surface area contributed by atoms with Crippen LogP contribution in [0.3, 0.4) is 0 Å². The Morgan fingerprint density at radius 2 is 2.00 bits per heavy atom. The van der Waals surface area contributed by atoms with Crippen molar-refractivity contribution in [1.29, 1.82) is 0 Å². The Hall–Kier alpha value is -2.52. The Morgan fingerprint density at radius 1 is 1.19 bits per heavy atom. The minimum Gasteiger partial charge on any atom is -0.394 e. The van der Waals surface area contributed by atoms with Gasteiger partial charge in [0, 0.05) is 17.5 Å². The third kappa shape index (κ3) is 4.54. The topological polar surface area (TPSA) is 157 Å². The minimum absolute atomic E-state index is 0.287. The molecule has 0 bridgehead atoms. The van der Waals surface area contributed by atoms with E-state index < -0.39 is 37.1 Å². The van der Waals surface area contributed by atoms with E-state index >= 15 is 0 Å². The molecule has 1 aliphatic heterocycles. The van der Waals surface area contributed by atoms with Crippen molar-refractivity contribution in [3.05, 3.63) is 51.4 Å². The van der Waals surface area contributed by atoms with Gasteiger partial charge >= 0.3 is 0 Å². The number of thiazole rings is 1. The van der Waals surface area contributed by atoms with Crippen molar-refractivity contribution in [2.24, 2.45) is 0 Å². The first-order chi connectivity index (χ1) is 17.8. The molecule has 0 aromatic carbocycles. The summed E-state index contributed by atoms with van der Waals surface area (Å²) in [7, 11) is 0. The van der Waals surface area contributed by atoms with Gasteiger partial charge < -0.3 is 20.1 Å². The van der Waals surface area contributed by atoms with Crippen molar-refractivity contribution < 1.29 is 20.1 Å². The van der Waals surface area contributed by atoms with Gasteiger partial charge in [-0.25, -0.2) is 19.3 Å². The van der Waals surface area contributed by atoms with E-state index in [0.29, 0.717) is 38.2 Å². The smallest absolute Gasteiger partial charge is 0.164 e. The summed E-state index contributed by atoms with van der Waals surface area (Å²) in [6, 6.07) is 0.742. The Labute approximate surface area is 224 Å². The first-order valence-corrected chi connectivity index (χ1v) is 13.2. The number of aliphatic hydroxyl groups is 3. The lowest BCUT2D eigenvalue weighted by Crippen LogP contribution is -2.53. The van der Waals surface area contributed by atoms with Crippen molar-refractivity contribution >= 4 is 34.5 Å². The third-order valence-corrected chi connectivity index (χ3v) is 7.85. The highest BCUT2D eigenvalue weighted by molar-refractivity contribution is 7.13. The van der Waals surface area contributed by atoms with Crippen LogP contribution in [-0.4, -0.2) is 80.0 Å². The highest BCUT2D eigenvalue weighted by Crippen LogP contribution is 2.43. The predicted octanol–water partition coefficient (Wildman–Crippen LogP) is 2.27. The summed E-state index contributed by atoms with van der Waals surface area (Å²) in [5, 5.41) is 48.3. The second kappa shape index (κ2) is 9.66. The number of hydrogen-bond acceptors (Lipinski definition) is 11. The number of ether oxygens (including phenoxy) is 1. The normalized spacial score (nSPS) is 26.1. The number of pyridine rings is 1. The van der Waals surface area contributed by atoms with E-state index in [9.17, 15) is 15.3 Å². The molecule has 37 heavy (non-hydrogen) atoms. The van der Waals surface area contributed by atoms with Crippen molar-refractivity contribution in [1.82, 2.24) is 39.7 Å². The molecule has 2 aliphatic rings. The number of aliphatic hydroxyl groups excluding tert-OH is 3. The standard InChI is InChI=1S/C22H22Cl2N8O4S/c1-9-26-21(32(29-9)13-4-11(23)5-25-16(13)10-2-3-10)20-19(35)17(18(34)14(7-33)36-20)31-6-12(28-30-31)22-27-15(24)8-37-22/h4-6,8,10,14,17-20,33-35H,2-3,7H2,1H3/t14-,17+,18+,19-,20-/m1/s1. The first kappa shape index (κ1) is 24.8. The molecule has 4 aromatic rings. The van der Waals surface area contributed by atoms with Crippen LogP contribution in [0.2, 0.25) is 10.2 Å². The maximum atomic E-state index is 11.5. The first-order valence-electron chi connectivity index (χ1n) is 11.6. The number of halogens is 2. The van der Waals surface area contributed by atoms with Gasteiger partial charge in [0.15, 0.2) is 5.82 Å². The Bertz CT molecular complexity index is 1440. The second-order valence-corrected chi connectivity index (χ2v) is 10.8. The predicted molar refractivity (Wildman–Crippen MR) is 133 cm³/mol. The van der Waals surface area contributed by atoms with Gasteiger partial charge in [-0.1, -0.05) is 28.4 Å². The second-order valence-electron chi connectivity index (χ2n) is 9.07. The number of nitrogens with zero attached hydrogens (tertiary/aromatic N) is 8. The van der Waals surface area contributed by atoms with E-state index in [2.05, 4.69) is 30.4 Å². The van der Waals surface area contributed by atoms with E-state index in [1.165, 1.54) is 16.0 Å². The lowest BCUT2D eigenvalue weighted by atomic mass is 9.92. The van der Waals surface area contributed by atoms with Crippen LogP contribution in [0.25, 0.3) is 16.4 Å². The highest BCUT2D eigenvalue weighted by Gasteiger charge is 2.48. The summed E-state index contributed by atoms with van der Waals surface area (Å²) >= 11 is 13.5. The average Bonchev–Trinajstić information content (AvgIpc) is 3.24. The van der Waals surface area contributed by atoms with Crippen LogP contribution in [-0.2, 0) is 4.74 Å². The molecule has 5 heterocycles. The zero-order chi connectivity index (χ0) is 25.8. The molecular weight excluding hydrogens is 543 g/mol. The van der Waals surface area contributed by atoms with Crippen molar-refractivity contribution in [2.75, 3.05) is 6.61 Å². The van der Waals surface area contributed by atoms with Crippen molar-refractivity contribution in [2.45, 2.75) is 56.1 Å². The number of aryl methyl sites for hydroxylation is 1. The Balaban J connectivity index is 1.40. The molecule has 6 rings (SSSR count). The highest BCUT2D eigenvalue weighted by atomic mass is 35.5. The van der Waals surface area contributed by atoms with Crippen LogP contribution < -0.4 is 0 Å². The molecule has 4 aromatic heterocycles. The quantitative estimate of drug-likeness (QED) is 0.317. The summed E-state index contributed by atoms with van der Waals surface area (Å²) in [5.41, 5.74) is 1.91. The summed E-state index contributed by atoms with van der Waals surface area (Å²) in [6.07, 6.45) is 0.445. The fourth-order valence-electron chi connectivity index (χ4n) is 4.59. The van der Waals surface area contributed by atoms with Crippen LogP contribution >= 0.6 is 34.5 Å². The SMILES string of the molecule is Cc1nc([C@@H]2O[C@H](CO)[C@H](O)[C@H](n3cc(-c4nc(Cl)cs4)nn3)[C@H]2O)n(-c2cc(Cl)cnc2C2CC2)n1. The molecule has 1 saturated heterocycles. The molecule has 0 unspecified atom stereocenters. The molecular formula is C22H22Cl2N8O4S. The Kier molecular flexibility index (Phi) is 6.47. The van der Waals surface area contributed by atoms with Gasteiger partial charge in [0.05, 0.1) is 29.2 Å². The van der Waals surface area contributed by atoms with Crippen LogP contribution in [0.15, 0.2) is 23.8 Å². The van der Waals surface area contributed by atoms with E-state index in [4.69, 9.17) is 27.9 Å². The third-order valence-electron chi connectivity index (χ3n) is 6.45. The maximum absolute atomic E-state index is 11.5. The minimum atomic E-state index is -1.33. The van der Waals surface area contributed by atoms with Crippen LogP contribution in [0.4, 0.5) is 0 Å². The number of hydrogen-bond donors (Lipinski definition) is 3. The van der Waals surface area contributed by atoms with Crippen LogP contribution in [0.1, 0.15) is 48.2 Å². The zero-order valence-corrected chi connectivity index (χ0v) is 21.7. The van der Waals surface area contributed by atoms with E-state index in [1.807, 2.05) is 0 Å². The van der Waals surface area contributed by atoms with Gasteiger partial charge in [-0.2, -0.15) is 5.10 Å². The molecule has 15 heteroatoms. The van der Waals surface area contributed by atoms with Crippen molar-refractivity contribution in [3.8, 4) is 16.4 Å². The van der Waals surface area contributed by atoms with Gasteiger partial charge in [0.25, 0.3) is 0 Å². The molecule has 3 N–H and O–H groups in total. The van der Waals surface area contributed by atoms with E-state index in [-0.39, 0.29) is 5.92 Å². The zero-order valence-electron chi connectivity index (χ0n) is 19.4. The van der Waals surface area contributed by atoms with Gasteiger partial charge in [-0.3, -0.25) is 4.98 Å². The molecule has 5 atom stereocenters. The lowest BCUT2D eigenvalue weighted by molar-refractivity contribution is -0.210. The summed E-state index contributed by atoms with van der Waals surface area (Å²) in [5.74, 6) is 1.02. The van der Waals surface area contributed by atoms with Gasteiger partial charge in [0.2, 0.25) is 0 Å². The molecule has 0 spiro atoms. The largest absolute Gasteiger partial charge is 0.394 e. The van der Waals surface area contributed by atoms with Gasteiger partial charge in [-0.05, 0) is 25.8 Å². The monoisotopic (exact) mass is 564 g/mol.